The summed E-state index contributed by atoms with van der Waals surface area (Å²) in [5.41, 5.74) is 0.854. The van der Waals surface area contributed by atoms with Crippen LogP contribution in [0.3, 0.4) is 0 Å². The van der Waals surface area contributed by atoms with Gasteiger partial charge in [-0.25, -0.2) is 13.1 Å². The summed E-state index contributed by atoms with van der Waals surface area (Å²) in [6, 6.07) is 6.81. The fourth-order valence-electron chi connectivity index (χ4n) is 4.69. The highest BCUT2D eigenvalue weighted by Crippen LogP contribution is 2.45. The van der Waals surface area contributed by atoms with E-state index in [1.54, 1.807) is 24.3 Å². The van der Waals surface area contributed by atoms with Crippen LogP contribution in [-0.4, -0.2) is 50.2 Å². The summed E-state index contributed by atoms with van der Waals surface area (Å²) in [4.78, 5) is 14.7. The van der Waals surface area contributed by atoms with E-state index in [0.29, 0.717) is 23.8 Å². The molecule has 0 unspecified atom stereocenters. The van der Waals surface area contributed by atoms with Gasteiger partial charge in [-0.05, 0) is 101 Å². The molecule has 0 radical (unpaired) electrons. The van der Waals surface area contributed by atoms with Crippen molar-refractivity contribution < 1.29 is 17.9 Å². The molecule has 29 heavy (non-hydrogen) atoms. The van der Waals surface area contributed by atoms with Gasteiger partial charge in [-0.3, -0.25) is 4.79 Å². The number of hydrogen-bond acceptors (Lipinski definition) is 5. The number of likely N-dealkylation sites (tertiary alicyclic amines) is 1. The first-order valence-corrected chi connectivity index (χ1v) is 12.5. The fraction of sp³-hybridized carbons (Fsp3) is 0.682. The van der Waals surface area contributed by atoms with Crippen molar-refractivity contribution in [1.82, 2.24) is 9.62 Å². The number of carbonyl (C=O) groups is 1. The molecular weight excluding hydrogens is 388 g/mol. The van der Waals surface area contributed by atoms with Crippen LogP contribution in [0.15, 0.2) is 24.3 Å². The van der Waals surface area contributed by atoms with Gasteiger partial charge in [0, 0.05) is 5.56 Å². The van der Waals surface area contributed by atoms with Crippen LogP contribution in [0.4, 0.5) is 0 Å². The van der Waals surface area contributed by atoms with Crippen molar-refractivity contribution >= 4 is 15.9 Å². The number of rotatable bonds is 6. The third-order valence-electron chi connectivity index (χ3n) is 6.97. The predicted molar refractivity (Wildman–Crippen MR) is 113 cm³/mol. The minimum atomic E-state index is -3.52. The van der Waals surface area contributed by atoms with Crippen molar-refractivity contribution in [1.29, 1.82) is 0 Å². The molecule has 2 saturated carbocycles. The molecule has 1 saturated heterocycles. The van der Waals surface area contributed by atoms with E-state index >= 15 is 0 Å². The second kappa shape index (κ2) is 8.26. The SMILES string of the molecule is CCN1CCC2(CCC(Oc3ccc(C(=O)NS(=O)(=O)C4CC4)cc3)CC2)CC1. The maximum Gasteiger partial charge on any atom is 0.264 e. The van der Waals surface area contributed by atoms with Gasteiger partial charge in [0.2, 0.25) is 10.0 Å². The summed E-state index contributed by atoms with van der Waals surface area (Å²) in [5, 5.41) is -0.405. The molecule has 4 rings (SSSR count). The van der Waals surface area contributed by atoms with Gasteiger partial charge in [0.15, 0.2) is 0 Å². The van der Waals surface area contributed by atoms with Gasteiger partial charge in [-0.2, -0.15) is 0 Å². The lowest BCUT2D eigenvalue weighted by atomic mass is 9.67. The Morgan fingerprint density at radius 1 is 1.07 bits per heavy atom. The summed E-state index contributed by atoms with van der Waals surface area (Å²) in [7, 11) is -3.52. The van der Waals surface area contributed by atoms with E-state index in [0.717, 1.165) is 25.1 Å². The molecular formula is C22H32N2O4S. The van der Waals surface area contributed by atoms with E-state index in [9.17, 15) is 13.2 Å². The highest BCUT2D eigenvalue weighted by atomic mass is 32.2. The van der Waals surface area contributed by atoms with Crippen molar-refractivity contribution in [3.63, 3.8) is 0 Å². The van der Waals surface area contributed by atoms with Gasteiger partial charge in [0.05, 0.1) is 11.4 Å². The van der Waals surface area contributed by atoms with E-state index in [1.807, 2.05) is 0 Å². The van der Waals surface area contributed by atoms with Crippen molar-refractivity contribution in [2.45, 2.75) is 69.6 Å². The third kappa shape index (κ3) is 4.94. The molecule has 6 nitrogen and oxygen atoms in total. The first-order valence-electron chi connectivity index (χ1n) is 10.9. The van der Waals surface area contributed by atoms with Crippen LogP contribution in [0.1, 0.15) is 68.6 Å². The summed E-state index contributed by atoms with van der Waals surface area (Å²) >= 11 is 0. The Morgan fingerprint density at radius 3 is 2.24 bits per heavy atom. The molecule has 1 spiro atoms. The van der Waals surface area contributed by atoms with Crippen molar-refractivity contribution in [3.8, 4) is 5.75 Å². The van der Waals surface area contributed by atoms with Crippen molar-refractivity contribution in [2.24, 2.45) is 5.41 Å². The number of sulfonamides is 1. The summed E-state index contributed by atoms with van der Waals surface area (Å²) in [6.07, 6.45) is 8.72. The molecule has 1 aromatic rings. The Kier molecular flexibility index (Phi) is 5.89. The van der Waals surface area contributed by atoms with Gasteiger partial charge in [-0.15, -0.1) is 0 Å². The zero-order chi connectivity index (χ0) is 20.5. The molecule has 1 heterocycles. The second-order valence-electron chi connectivity index (χ2n) is 8.95. The van der Waals surface area contributed by atoms with Gasteiger partial charge in [0.25, 0.3) is 5.91 Å². The van der Waals surface area contributed by atoms with Crippen LogP contribution in [0.5, 0.6) is 5.75 Å². The van der Waals surface area contributed by atoms with Gasteiger partial charge in [0.1, 0.15) is 5.75 Å². The molecule has 2 aliphatic carbocycles. The molecule has 7 heteroatoms. The smallest absolute Gasteiger partial charge is 0.264 e. The molecule has 1 aromatic carbocycles. The zero-order valence-corrected chi connectivity index (χ0v) is 18.0. The maximum absolute atomic E-state index is 12.2. The Bertz CT molecular complexity index is 815. The predicted octanol–water partition coefficient (Wildman–Crippen LogP) is 3.33. The van der Waals surface area contributed by atoms with Crippen molar-refractivity contribution in [3.05, 3.63) is 29.8 Å². The van der Waals surface area contributed by atoms with Gasteiger partial charge in [-0.1, -0.05) is 6.92 Å². The van der Waals surface area contributed by atoms with Gasteiger partial charge < -0.3 is 9.64 Å². The first-order chi connectivity index (χ1) is 13.9. The van der Waals surface area contributed by atoms with E-state index in [4.69, 9.17) is 4.74 Å². The normalized spacial score (nSPS) is 23.1. The minimum absolute atomic E-state index is 0.222. The Labute approximate surface area is 174 Å². The second-order valence-corrected chi connectivity index (χ2v) is 10.9. The number of amides is 1. The number of benzene rings is 1. The number of piperidine rings is 1. The molecule has 0 atom stereocenters. The molecule has 1 amide bonds. The number of nitrogens with one attached hydrogen (secondary N) is 1. The van der Waals surface area contributed by atoms with E-state index < -0.39 is 21.2 Å². The van der Waals surface area contributed by atoms with Crippen LogP contribution < -0.4 is 9.46 Å². The lowest BCUT2D eigenvalue weighted by Gasteiger charge is -2.45. The summed E-state index contributed by atoms with van der Waals surface area (Å²) in [5.74, 6) is 0.176. The molecule has 160 valence electrons. The van der Waals surface area contributed by atoms with Crippen LogP contribution >= 0.6 is 0 Å². The first kappa shape index (κ1) is 20.7. The minimum Gasteiger partial charge on any atom is -0.490 e. The Hall–Kier alpha value is -1.60. The molecule has 3 fully saturated rings. The molecule has 0 bridgehead atoms. The fourth-order valence-corrected chi connectivity index (χ4v) is 5.99. The largest absolute Gasteiger partial charge is 0.490 e. The molecule has 3 aliphatic rings. The maximum atomic E-state index is 12.2. The highest BCUT2D eigenvalue weighted by molar-refractivity contribution is 7.91. The van der Waals surface area contributed by atoms with Crippen molar-refractivity contribution in [2.75, 3.05) is 19.6 Å². The van der Waals surface area contributed by atoms with E-state index in [1.165, 1.54) is 38.8 Å². The number of nitrogens with zero attached hydrogens (tertiary/aromatic N) is 1. The van der Waals surface area contributed by atoms with Crippen LogP contribution in [0.25, 0.3) is 0 Å². The lowest BCUT2D eigenvalue weighted by Crippen LogP contribution is -2.43. The summed E-state index contributed by atoms with van der Waals surface area (Å²) in [6.45, 7) is 5.84. The Balaban J connectivity index is 1.27. The quantitative estimate of drug-likeness (QED) is 0.764. The molecule has 1 aliphatic heterocycles. The average Bonchev–Trinajstić information content (AvgIpc) is 3.57. The average molecular weight is 421 g/mol. The number of hydrogen-bond donors (Lipinski definition) is 1. The third-order valence-corrected chi connectivity index (χ3v) is 8.79. The lowest BCUT2D eigenvalue weighted by molar-refractivity contribution is 0.0276. The highest BCUT2D eigenvalue weighted by Gasteiger charge is 2.38. The van der Waals surface area contributed by atoms with E-state index in [-0.39, 0.29) is 6.10 Å². The number of ether oxygens (including phenoxy) is 1. The summed E-state index contributed by atoms with van der Waals surface area (Å²) < 4.78 is 32.1. The van der Waals surface area contributed by atoms with Crippen LogP contribution in [-0.2, 0) is 10.0 Å². The van der Waals surface area contributed by atoms with Crippen LogP contribution in [0, 0.1) is 5.41 Å². The standard InChI is InChI=1S/C22H32N2O4S/c1-2-24-15-13-22(14-16-24)11-9-19(10-12-22)28-18-5-3-17(4-6-18)21(25)23-29(26,27)20-7-8-20/h3-6,19-20H,2,7-16H2,1H3,(H,23,25). The van der Waals surface area contributed by atoms with Crippen LogP contribution in [0.2, 0.25) is 0 Å². The zero-order valence-electron chi connectivity index (χ0n) is 17.2. The van der Waals surface area contributed by atoms with E-state index in [2.05, 4.69) is 16.5 Å². The monoisotopic (exact) mass is 420 g/mol. The Morgan fingerprint density at radius 2 is 1.69 bits per heavy atom. The molecule has 1 N–H and O–H groups in total. The molecule has 0 aromatic heterocycles. The number of carbonyl (C=O) groups excluding carboxylic acids is 1. The van der Waals surface area contributed by atoms with Gasteiger partial charge >= 0.3 is 0 Å². The topological polar surface area (TPSA) is 75.7 Å².